The van der Waals surface area contributed by atoms with Crippen LogP contribution in [0.5, 0.6) is 0 Å². The first-order valence-electron chi connectivity index (χ1n) is 3.32. The van der Waals surface area contributed by atoms with Gasteiger partial charge in [-0.25, -0.2) is 0 Å². The normalized spacial score (nSPS) is 24.9. The molecule has 3 nitrogen and oxygen atoms in total. The highest BCUT2D eigenvalue weighted by Crippen LogP contribution is 2.08. The third-order valence-electron chi connectivity index (χ3n) is 1.68. The molecule has 10 heavy (non-hydrogen) atoms. The standard InChI is InChI=1S/C6H12N2O.ClH/c7-4-5-2-1-3-8-6(5)9;/h5H,1-4,7H2,(H,8,9);1H. The molecule has 0 bridgehead atoms. The summed E-state index contributed by atoms with van der Waals surface area (Å²) in [6.45, 7) is 1.32. The third-order valence-corrected chi connectivity index (χ3v) is 1.68. The average Bonchev–Trinajstić information content (AvgIpc) is 1.89. The van der Waals surface area contributed by atoms with Gasteiger partial charge < -0.3 is 11.1 Å². The van der Waals surface area contributed by atoms with Gasteiger partial charge in [-0.3, -0.25) is 4.79 Å². The molecule has 1 atom stereocenters. The molecule has 4 heteroatoms. The van der Waals surface area contributed by atoms with Gasteiger partial charge in [0.1, 0.15) is 0 Å². The Balaban J connectivity index is 0.000000810. The number of amides is 1. The van der Waals surface area contributed by atoms with Crippen LogP contribution in [0.25, 0.3) is 0 Å². The number of hydrogen-bond donors (Lipinski definition) is 2. The molecule has 60 valence electrons. The zero-order chi connectivity index (χ0) is 6.69. The van der Waals surface area contributed by atoms with Crippen LogP contribution in [0.1, 0.15) is 12.8 Å². The number of carbonyl (C=O) groups is 1. The van der Waals surface area contributed by atoms with Gasteiger partial charge in [0, 0.05) is 13.1 Å². The molecule has 3 N–H and O–H groups in total. The summed E-state index contributed by atoms with van der Waals surface area (Å²) in [5.41, 5.74) is 5.33. The van der Waals surface area contributed by atoms with Crippen LogP contribution in [0.2, 0.25) is 0 Å². The van der Waals surface area contributed by atoms with E-state index in [1.54, 1.807) is 0 Å². The highest BCUT2D eigenvalue weighted by molar-refractivity contribution is 5.85. The van der Waals surface area contributed by atoms with Crippen molar-refractivity contribution in [2.45, 2.75) is 12.8 Å². The molecule has 0 aromatic rings. The van der Waals surface area contributed by atoms with Crippen LogP contribution in [0.15, 0.2) is 0 Å². The molecule has 0 radical (unpaired) electrons. The first-order valence-corrected chi connectivity index (χ1v) is 3.32. The van der Waals surface area contributed by atoms with Gasteiger partial charge in [0.2, 0.25) is 5.91 Å². The molecule has 1 fully saturated rings. The Bertz CT molecular complexity index is 118. The average molecular weight is 165 g/mol. The molecule has 0 aliphatic carbocycles. The van der Waals surface area contributed by atoms with E-state index >= 15 is 0 Å². The molecule has 1 unspecified atom stereocenters. The van der Waals surface area contributed by atoms with Gasteiger partial charge in [0.05, 0.1) is 5.92 Å². The van der Waals surface area contributed by atoms with E-state index in [1.165, 1.54) is 0 Å². The fraction of sp³-hybridized carbons (Fsp3) is 0.833. The predicted molar refractivity (Wildman–Crippen MR) is 42.0 cm³/mol. The molecule has 1 heterocycles. The Morgan fingerprint density at radius 2 is 2.40 bits per heavy atom. The zero-order valence-electron chi connectivity index (χ0n) is 5.80. The van der Waals surface area contributed by atoms with Crippen LogP contribution < -0.4 is 11.1 Å². The number of piperidine rings is 1. The highest BCUT2D eigenvalue weighted by Gasteiger charge is 2.19. The largest absolute Gasteiger partial charge is 0.356 e. The quantitative estimate of drug-likeness (QED) is 0.569. The van der Waals surface area contributed by atoms with E-state index in [0.717, 1.165) is 19.4 Å². The number of hydrogen-bond acceptors (Lipinski definition) is 2. The van der Waals surface area contributed by atoms with E-state index < -0.39 is 0 Å². The van der Waals surface area contributed by atoms with Crippen LogP contribution in [-0.2, 0) is 4.79 Å². The fourth-order valence-corrected chi connectivity index (χ4v) is 1.06. The smallest absolute Gasteiger partial charge is 0.224 e. The molecule has 1 aliphatic rings. The summed E-state index contributed by atoms with van der Waals surface area (Å²) in [5.74, 6) is 0.211. The number of nitrogens with one attached hydrogen (secondary N) is 1. The second kappa shape index (κ2) is 4.52. The number of halogens is 1. The Kier molecular flexibility index (Phi) is 4.40. The summed E-state index contributed by atoms with van der Waals surface area (Å²) >= 11 is 0. The van der Waals surface area contributed by atoms with Crippen molar-refractivity contribution in [2.24, 2.45) is 11.7 Å². The van der Waals surface area contributed by atoms with Crippen molar-refractivity contribution in [1.82, 2.24) is 5.32 Å². The molecule has 0 aromatic carbocycles. The lowest BCUT2D eigenvalue weighted by Crippen LogP contribution is -2.39. The van der Waals surface area contributed by atoms with E-state index in [2.05, 4.69) is 5.32 Å². The van der Waals surface area contributed by atoms with Crippen LogP contribution in [0.4, 0.5) is 0 Å². The molecular weight excluding hydrogens is 152 g/mol. The Morgan fingerprint density at radius 3 is 2.80 bits per heavy atom. The van der Waals surface area contributed by atoms with Crippen LogP contribution >= 0.6 is 12.4 Å². The zero-order valence-corrected chi connectivity index (χ0v) is 6.62. The van der Waals surface area contributed by atoms with Crippen molar-refractivity contribution in [3.05, 3.63) is 0 Å². The first-order chi connectivity index (χ1) is 4.34. The lowest BCUT2D eigenvalue weighted by atomic mass is 9.99. The molecule has 1 aliphatic heterocycles. The van der Waals surface area contributed by atoms with E-state index in [9.17, 15) is 4.79 Å². The Morgan fingerprint density at radius 1 is 1.70 bits per heavy atom. The lowest BCUT2D eigenvalue weighted by Gasteiger charge is -2.19. The minimum absolute atomic E-state index is 0. The predicted octanol–water partition coefficient (Wildman–Crippen LogP) is -0.107. The van der Waals surface area contributed by atoms with Crippen molar-refractivity contribution in [2.75, 3.05) is 13.1 Å². The second-order valence-electron chi connectivity index (χ2n) is 2.37. The Hall–Kier alpha value is -0.280. The van der Waals surface area contributed by atoms with E-state index in [0.29, 0.717) is 6.54 Å². The lowest BCUT2D eigenvalue weighted by molar-refractivity contribution is -0.126. The van der Waals surface area contributed by atoms with Gasteiger partial charge in [0.15, 0.2) is 0 Å². The molecule has 0 aromatic heterocycles. The summed E-state index contributed by atoms with van der Waals surface area (Å²) in [6.07, 6.45) is 2.04. The molecule has 0 saturated carbocycles. The summed E-state index contributed by atoms with van der Waals surface area (Å²) in [4.78, 5) is 10.8. The highest BCUT2D eigenvalue weighted by atomic mass is 35.5. The maximum atomic E-state index is 10.8. The van der Waals surface area contributed by atoms with Gasteiger partial charge in [0.25, 0.3) is 0 Å². The number of rotatable bonds is 1. The molecule has 0 spiro atoms. The minimum atomic E-state index is 0. The van der Waals surface area contributed by atoms with Gasteiger partial charge in [-0.15, -0.1) is 12.4 Å². The van der Waals surface area contributed by atoms with Crippen LogP contribution in [-0.4, -0.2) is 19.0 Å². The summed E-state index contributed by atoms with van der Waals surface area (Å²) < 4.78 is 0. The molecule has 1 rings (SSSR count). The van der Waals surface area contributed by atoms with Crippen LogP contribution in [0, 0.1) is 5.92 Å². The first kappa shape index (κ1) is 9.72. The van der Waals surface area contributed by atoms with Crippen molar-refractivity contribution in [3.8, 4) is 0 Å². The second-order valence-corrected chi connectivity index (χ2v) is 2.37. The molecular formula is C6H13ClN2O. The number of carbonyl (C=O) groups excluding carboxylic acids is 1. The van der Waals surface area contributed by atoms with Crippen molar-refractivity contribution in [3.63, 3.8) is 0 Å². The Labute approximate surface area is 66.8 Å². The topological polar surface area (TPSA) is 55.1 Å². The summed E-state index contributed by atoms with van der Waals surface area (Å²) in [6, 6.07) is 0. The monoisotopic (exact) mass is 164 g/mol. The molecule has 1 saturated heterocycles. The van der Waals surface area contributed by atoms with E-state index in [4.69, 9.17) is 5.73 Å². The van der Waals surface area contributed by atoms with Gasteiger partial charge in [-0.2, -0.15) is 0 Å². The number of nitrogens with two attached hydrogens (primary N) is 1. The van der Waals surface area contributed by atoms with Gasteiger partial charge in [-0.1, -0.05) is 0 Å². The van der Waals surface area contributed by atoms with Crippen LogP contribution in [0.3, 0.4) is 0 Å². The third kappa shape index (κ3) is 2.15. The molecule has 1 amide bonds. The van der Waals surface area contributed by atoms with E-state index in [-0.39, 0.29) is 24.2 Å². The minimum Gasteiger partial charge on any atom is -0.356 e. The summed E-state index contributed by atoms with van der Waals surface area (Å²) in [7, 11) is 0. The maximum Gasteiger partial charge on any atom is 0.224 e. The maximum absolute atomic E-state index is 10.8. The van der Waals surface area contributed by atoms with Gasteiger partial charge >= 0.3 is 0 Å². The SMILES string of the molecule is Cl.NCC1CCCNC1=O. The fourth-order valence-electron chi connectivity index (χ4n) is 1.06. The van der Waals surface area contributed by atoms with Crippen molar-refractivity contribution >= 4 is 18.3 Å². The summed E-state index contributed by atoms with van der Waals surface area (Å²) in [5, 5.41) is 2.76. The van der Waals surface area contributed by atoms with Crippen molar-refractivity contribution < 1.29 is 4.79 Å². The van der Waals surface area contributed by atoms with E-state index in [1.807, 2.05) is 0 Å². The van der Waals surface area contributed by atoms with Gasteiger partial charge in [-0.05, 0) is 12.8 Å². The van der Waals surface area contributed by atoms with Crippen molar-refractivity contribution in [1.29, 1.82) is 0 Å².